The molecular formula is C13H10S. The molecule has 0 radical (unpaired) electrons. The predicted molar refractivity (Wildman–Crippen MR) is 64.6 cm³/mol. The molecule has 0 fully saturated rings. The Morgan fingerprint density at radius 2 is 1.79 bits per heavy atom. The van der Waals surface area contributed by atoms with Crippen LogP contribution in [0.3, 0.4) is 0 Å². The molecule has 0 nitrogen and oxygen atoms in total. The highest BCUT2D eigenvalue weighted by atomic mass is 32.1. The molecule has 0 saturated carbocycles. The van der Waals surface area contributed by atoms with Gasteiger partial charge in [-0.05, 0) is 28.3 Å². The highest BCUT2D eigenvalue weighted by molar-refractivity contribution is 7.90. The van der Waals surface area contributed by atoms with Crippen LogP contribution in [0.4, 0.5) is 0 Å². The number of rotatable bonds is 0. The van der Waals surface area contributed by atoms with Gasteiger partial charge in [0, 0.05) is 4.91 Å². The van der Waals surface area contributed by atoms with Gasteiger partial charge in [0.15, 0.2) is 0 Å². The second kappa shape index (κ2) is 2.89. The summed E-state index contributed by atoms with van der Waals surface area (Å²) < 4.78 is 0. The molecule has 0 heterocycles. The number of hydrogen-bond donors (Lipinski definition) is 1. The fraction of sp³-hybridized carbons (Fsp3) is 0.0769. The zero-order chi connectivity index (χ0) is 9.54. The van der Waals surface area contributed by atoms with Gasteiger partial charge in [0.2, 0.25) is 0 Å². The van der Waals surface area contributed by atoms with Gasteiger partial charge >= 0.3 is 0 Å². The molecule has 14 heavy (non-hydrogen) atoms. The van der Waals surface area contributed by atoms with Crippen LogP contribution in [0, 0.1) is 0 Å². The first kappa shape index (κ1) is 8.13. The Labute approximate surface area is 88.7 Å². The largest absolute Gasteiger partial charge is 0.143 e. The van der Waals surface area contributed by atoms with Crippen molar-refractivity contribution in [2.24, 2.45) is 0 Å². The van der Waals surface area contributed by atoms with Crippen molar-refractivity contribution in [2.45, 2.75) is 6.42 Å². The van der Waals surface area contributed by atoms with Crippen LogP contribution < -0.4 is 0 Å². The van der Waals surface area contributed by atoms with Gasteiger partial charge in [-0.3, -0.25) is 0 Å². The first-order chi connectivity index (χ1) is 6.86. The lowest BCUT2D eigenvalue weighted by Gasteiger charge is -2.15. The maximum Gasteiger partial charge on any atom is 0.00822 e. The SMILES string of the molecule is SC1=CCc2cccc3cccc1c23. The molecule has 3 rings (SSSR count). The van der Waals surface area contributed by atoms with Crippen molar-refractivity contribution in [1.29, 1.82) is 0 Å². The van der Waals surface area contributed by atoms with Crippen LogP contribution in [0.1, 0.15) is 11.1 Å². The standard InChI is InChI=1S/C13H10S/c14-12-8-7-10-4-1-3-9-5-2-6-11(12)13(9)10/h1-6,8,14H,7H2. The molecule has 68 valence electrons. The zero-order valence-electron chi connectivity index (χ0n) is 7.70. The second-order valence-corrected chi connectivity index (χ2v) is 4.10. The van der Waals surface area contributed by atoms with Crippen LogP contribution in [0.25, 0.3) is 15.7 Å². The van der Waals surface area contributed by atoms with Crippen molar-refractivity contribution < 1.29 is 0 Å². The minimum absolute atomic E-state index is 1.01. The number of thiol groups is 1. The molecule has 0 saturated heterocycles. The minimum Gasteiger partial charge on any atom is -0.143 e. The van der Waals surface area contributed by atoms with E-state index in [0.717, 1.165) is 11.3 Å². The number of allylic oxidation sites excluding steroid dienone is 1. The molecule has 1 heteroatoms. The summed E-state index contributed by atoms with van der Waals surface area (Å²) in [4.78, 5) is 1.11. The van der Waals surface area contributed by atoms with E-state index in [9.17, 15) is 0 Å². The molecule has 0 bridgehead atoms. The molecule has 0 unspecified atom stereocenters. The molecule has 0 spiro atoms. The van der Waals surface area contributed by atoms with Gasteiger partial charge < -0.3 is 0 Å². The van der Waals surface area contributed by atoms with Crippen molar-refractivity contribution in [3.63, 3.8) is 0 Å². The Balaban J connectivity index is 2.52. The van der Waals surface area contributed by atoms with Crippen LogP contribution >= 0.6 is 12.6 Å². The van der Waals surface area contributed by atoms with Gasteiger partial charge in [-0.25, -0.2) is 0 Å². The topological polar surface area (TPSA) is 0 Å². The molecule has 0 aromatic heterocycles. The Morgan fingerprint density at radius 3 is 2.64 bits per heavy atom. The Hall–Kier alpha value is -1.21. The Bertz CT molecular complexity index is 533. The van der Waals surface area contributed by atoms with Gasteiger partial charge in [-0.1, -0.05) is 42.5 Å². The minimum atomic E-state index is 1.01. The molecule has 0 amide bonds. The van der Waals surface area contributed by atoms with E-state index >= 15 is 0 Å². The van der Waals surface area contributed by atoms with Crippen LogP contribution in [0.2, 0.25) is 0 Å². The van der Waals surface area contributed by atoms with Crippen LogP contribution in [0.15, 0.2) is 42.5 Å². The lowest BCUT2D eigenvalue weighted by atomic mass is 9.93. The highest BCUT2D eigenvalue weighted by Gasteiger charge is 2.11. The first-order valence-corrected chi connectivity index (χ1v) is 5.21. The number of benzene rings is 2. The van der Waals surface area contributed by atoms with Gasteiger partial charge in [-0.15, -0.1) is 12.6 Å². The smallest absolute Gasteiger partial charge is 0.00822 e. The molecule has 2 aromatic rings. The summed E-state index contributed by atoms with van der Waals surface area (Å²) in [6.45, 7) is 0. The number of hydrogen-bond acceptors (Lipinski definition) is 1. The summed E-state index contributed by atoms with van der Waals surface area (Å²) in [6, 6.07) is 12.9. The Morgan fingerprint density at radius 1 is 1.00 bits per heavy atom. The van der Waals surface area contributed by atoms with Gasteiger partial charge in [0.05, 0.1) is 0 Å². The van der Waals surface area contributed by atoms with Crippen molar-refractivity contribution in [2.75, 3.05) is 0 Å². The van der Waals surface area contributed by atoms with E-state index in [4.69, 9.17) is 0 Å². The van der Waals surface area contributed by atoms with E-state index in [1.165, 1.54) is 21.9 Å². The lowest BCUT2D eigenvalue weighted by Crippen LogP contribution is -1.94. The normalized spacial score (nSPS) is 14.2. The molecule has 0 atom stereocenters. The fourth-order valence-corrected chi connectivity index (χ4v) is 2.40. The van der Waals surface area contributed by atoms with Crippen LogP contribution in [-0.2, 0) is 6.42 Å². The zero-order valence-corrected chi connectivity index (χ0v) is 8.59. The monoisotopic (exact) mass is 198 g/mol. The van der Waals surface area contributed by atoms with E-state index < -0.39 is 0 Å². The molecular weight excluding hydrogens is 188 g/mol. The fourth-order valence-electron chi connectivity index (χ4n) is 2.12. The van der Waals surface area contributed by atoms with E-state index in [-0.39, 0.29) is 0 Å². The average molecular weight is 198 g/mol. The average Bonchev–Trinajstić information content (AvgIpc) is 2.24. The van der Waals surface area contributed by atoms with Crippen molar-refractivity contribution in [1.82, 2.24) is 0 Å². The van der Waals surface area contributed by atoms with Gasteiger partial charge in [0.25, 0.3) is 0 Å². The third-order valence-electron chi connectivity index (χ3n) is 2.78. The van der Waals surface area contributed by atoms with E-state index in [2.05, 4.69) is 55.1 Å². The van der Waals surface area contributed by atoms with E-state index in [1.807, 2.05) is 0 Å². The van der Waals surface area contributed by atoms with Crippen LogP contribution in [-0.4, -0.2) is 0 Å². The third kappa shape index (κ3) is 1.02. The molecule has 1 aliphatic rings. The molecule has 0 N–H and O–H groups in total. The molecule has 1 aliphatic carbocycles. The van der Waals surface area contributed by atoms with Crippen LogP contribution in [0.5, 0.6) is 0 Å². The summed E-state index contributed by atoms with van der Waals surface area (Å²) in [6.07, 6.45) is 3.19. The summed E-state index contributed by atoms with van der Waals surface area (Å²) in [5.41, 5.74) is 2.68. The first-order valence-electron chi connectivity index (χ1n) is 4.76. The van der Waals surface area contributed by atoms with E-state index in [0.29, 0.717) is 0 Å². The van der Waals surface area contributed by atoms with Crippen molar-refractivity contribution in [3.05, 3.63) is 53.6 Å². The predicted octanol–water partition coefficient (Wildman–Crippen LogP) is 3.67. The maximum atomic E-state index is 4.50. The summed E-state index contributed by atoms with van der Waals surface area (Å²) in [5.74, 6) is 0. The summed E-state index contributed by atoms with van der Waals surface area (Å²) in [5, 5.41) is 2.70. The molecule has 0 aliphatic heterocycles. The van der Waals surface area contributed by atoms with E-state index in [1.54, 1.807) is 0 Å². The summed E-state index contributed by atoms with van der Waals surface area (Å²) in [7, 11) is 0. The van der Waals surface area contributed by atoms with Crippen molar-refractivity contribution in [3.8, 4) is 0 Å². The lowest BCUT2D eigenvalue weighted by molar-refractivity contribution is 1.29. The second-order valence-electron chi connectivity index (χ2n) is 3.61. The van der Waals surface area contributed by atoms with Gasteiger partial charge in [-0.2, -0.15) is 0 Å². The van der Waals surface area contributed by atoms with Crippen molar-refractivity contribution >= 4 is 28.3 Å². The highest BCUT2D eigenvalue weighted by Crippen LogP contribution is 2.34. The van der Waals surface area contributed by atoms with Gasteiger partial charge in [0.1, 0.15) is 0 Å². The Kier molecular flexibility index (Phi) is 1.68. The third-order valence-corrected chi connectivity index (χ3v) is 3.21. The quantitative estimate of drug-likeness (QED) is 0.613. The molecule has 2 aromatic carbocycles. The maximum absolute atomic E-state index is 4.50. The summed E-state index contributed by atoms with van der Waals surface area (Å²) >= 11 is 4.50.